The summed E-state index contributed by atoms with van der Waals surface area (Å²) in [5, 5.41) is 9.58. The molecular weight excluding hydrogens is 226 g/mol. The third kappa shape index (κ3) is 4.00. The van der Waals surface area contributed by atoms with Crippen molar-refractivity contribution in [1.82, 2.24) is 4.90 Å². The van der Waals surface area contributed by atoms with Crippen LogP contribution >= 0.6 is 0 Å². The van der Waals surface area contributed by atoms with Gasteiger partial charge in [0.1, 0.15) is 5.75 Å². The second-order valence-electron chi connectivity index (χ2n) is 5.06. The van der Waals surface area contributed by atoms with Gasteiger partial charge in [0, 0.05) is 13.1 Å². The molecule has 1 heterocycles. The van der Waals surface area contributed by atoms with Crippen molar-refractivity contribution >= 4 is 0 Å². The summed E-state index contributed by atoms with van der Waals surface area (Å²) in [6.07, 6.45) is 2.95. The number of nitrogens with zero attached hydrogens (tertiary/aromatic N) is 1. The average Bonchev–Trinajstić information content (AvgIpc) is 2.37. The van der Waals surface area contributed by atoms with Gasteiger partial charge in [0.2, 0.25) is 0 Å². The highest BCUT2D eigenvalue weighted by molar-refractivity contribution is 5.31. The smallest absolute Gasteiger partial charge is 0.122 e. The predicted molar refractivity (Wildman–Crippen MR) is 73.0 cm³/mol. The minimum Gasteiger partial charge on any atom is -0.493 e. The molecule has 1 aliphatic heterocycles. The zero-order chi connectivity index (χ0) is 12.8. The lowest BCUT2D eigenvalue weighted by Gasteiger charge is -2.29. The number of ether oxygens (including phenoxy) is 1. The molecule has 0 amide bonds. The summed E-state index contributed by atoms with van der Waals surface area (Å²) in [4.78, 5) is 2.33. The summed E-state index contributed by atoms with van der Waals surface area (Å²) in [7, 11) is 0. The second-order valence-corrected chi connectivity index (χ2v) is 5.06. The fourth-order valence-corrected chi connectivity index (χ4v) is 2.42. The van der Waals surface area contributed by atoms with Crippen molar-refractivity contribution in [3.63, 3.8) is 0 Å². The number of aliphatic hydroxyl groups is 1. The Bertz CT molecular complexity index is 367. The largest absolute Gasteiger partial charge is 0.493 e. The number of piperidine rings is 1. The summed E-state index contributed by atoms with van der Waals surface area (Å²) in [5.41, 5.74) is 1.19. The van der Waals surface area contributed by atoms with Crippen LogP contribution in [0.4, 0.5) is 0 Å². The number of benzene rings is 1. The summed E-state index contributed by atoms with van der Waals surface area (Å²) in [6, 6.07) is 8.11. The van der Waals surface area contributed by atoms with Crippen LogP contribution in [-0.2, 0) is 0 Å². The van der Waals surface area contributed by atoms with Crippen LogP contribution in [0.15, 0.2) is 24.3 Å². The maximum atomic E-state index is 9.58. The monoisotopic (exact) mass is 249 g/mol. The maximum Gasteiger partial charge on any atom is 0.122 e. The number of hydrogen-bond acceptors (Lipinski definition) is 3. The van der Waals surface area contributed by atoms with Crippen LogP contribution in [0.3, 0.4) is 0 Å². The van der Waals surface area contributed by atoms with Crippen molar-refractivity contribution in [2.75, 3.05) is 26.2 Å². The molecule has 0 spiro atoms. The van der Waals surface area contributed by atoms with Crippen molar-refractivity contribution in [2.24, 2.45) is 0 Å². The van der Waals surface area contributed by atoms with Gasteiger partial charge >= 0.3 is 0 Å². The molecule has 0 saturated carbocycles. The topological polar surface area (TPSA) is 32.7 Å². The van der Waals surface area contributed by atoms with Crippen LogP contribution in [0.1, 0.15) is 24.8 Å². The molecule has 3 heteroatoms. The van der Waals surface area contributed by atoms with Gasteiger partial charge in [0.15, 0.2) is 0 Å². The highest BCUT2D eigenvalue weighted by atomic mass is 16.5. The molecule has 1 saturated heterocycles. The fourth-order valence-electron chi connectivity index (χ4n) is 2.42. The van der Waals surface area contributed by atoms with Crippen LogP contribution in [0.25, 0.3) is 0 Å². The normalized spacial score (nSPS) is 20.9. The molecule has 1 aromatic rings. The van der Waals surface area contributed by atoms with Crippen LogP contribution in [-0.4, -0.2) is 42.4 Å². The number of para-hydroxylation sites is 1. The van der Waals surface area contributed by atoms with Gasteiger partial charge in [-0.05, 0) is 44.4 Å². The molecule has 2 rings (SSSR count). The van der Waals surface area contributed by atoms with E-state index >= 15 is 0 Å². The zero-order valence-electron chi connectivity index (χ0n) is 11.1. The SMILES string of the molecule is Cc1ccccc1OCCCN1CCCC(O)C1. The first kappa shape index (κ1) is 13.4. The highest BCUT2D eigenvalue weighted by Crippen LogP contribution is 2.16. The molecule has 0 aromatic heterocycles. The van der Waals surface area contributed by atoms with Gasteiger partial charge in [0.25, 0.3) is 0 Å². The Morgan fingerprint density at radius 3 is 3.00 bits per heavy atom. The van der Waals surface area contributed by atoms with Gasteiger partial charge in [-0.15, -0.1) is 0 Å². The molecule has 18 heavy (non-hydrogen) atoms. The molecule has 1 atom stereocenters. The van der Waals surface area contributed by atoms with E-state index in [4.69, 9.17) is 4.74 Å². The van der Waals surface area contributed by atoms with Gasteiger partial charge < -0.3 is 14.7 Å². The van der Waals surface area contributed by atoms with Crippen molar-refractivity contribution in [2.45, 2.75) is 32.3 Å². The number of aryl methyl sites for hydroxylation is 1. The first-order chi connectivity index (χ1) is 8.75. The summed E-state index contributed by atoms with van der Waals surface area (Å²) in [5.74, 6) is 0.983. The number of aliphatic hydroxyl groups excluding tert-OH is 1. The van der Waals surface area contributed by atoms with E-state index in [1.54, 1.807) is 0 Å². The van der Waals surface area contributed by atoms with Crippen molar-refractivity contribution in [3.05, 3.63) is 29.8 Å². The van der Waals surface area contributed by atoms with E-state index in [-0.39, 0.29) is 6.10 Å². The molecule has 0 bridgehead atoms. The van der Waals surface area contributed by atoms with Gasteiger partial charge in [-0.2, -0.15) is 0 Å². The molecule has 1 fully saturated rings. The Balaban J connectivity index is 1.65. The van der Waals surface area contributed by atoms with Crippen LogP contribution in [0, 0.1) is 6.92 Å². The molecule has 1 N–H and O–H groups in total. The summed E-state index contributed by atoms with van der Waals surface area (Å²) < 4.78 is 5.77. The zero-order valence-corrected chi connectivity index (χ0v) is 11.1. The Morgan fingerprint density at radius 1 is 1.39 bits per heavy atom. The predicted octanol–water partition coefficient (Wildman–Crippen LogP) is 2.22. The van der Waals surface area contributed by atoms with Crippen LogP contribution < -0.4 is 4.74 Å². The van der Waals surface area contributed by atoms with Gasteiger partial charge in [-0.1, -0.05) is 18.2 Å². The first-order valence-corrected chi connectivity index (χ1v) is 6.84. The average molecular weight is 249 g/mol. The number of β-amino-alcohol motifs (C(OH)–C–C–N with tert-alkyl or cyclic N) is 1. The quantitative estimate of drug-likeness (QED) is 0.812. The van der Waals surface area contributed by atoms with Crippen LogP contribution in [0.2, 0.25) is 0 Å². The maximum absolute atomic E-state index is 9.58. The number of likely N-dealkylation sites (tertiary alicyclic amines) is 1. The van der Waals surface area contributed by atoms with Crippen molar-refractivity contribution in [3.8, 4) is 5.75 Å². The van der Waals surface area contributed by atoms with Crippen molar-refractivity contribution < 1.29 is 9.84 Å². The number of hydrogen-bond donors (Lipinski definition) is 1. The Labute approximate surface area is 109 Å². The van der Waals surface area contributed by atoms with E-state index in [1.165, 1.54) is 5.56 Å². The summed E-state index contributed by atoms with van der Waals surface area (Å²) >= 11 is 0. The van der Waals surface area contributed by atoms with E-state index in [9.17, 15) is 5.11 Å². The molecule has 100 valence electrons. The Kier molecular flexibility index (Phi) is 5.02. The van der Waals surface area contributed by atoms with E-state index in [2.05, 4.69) is 17.9 Å². The fraction of sp³-hybridized carbons (Fsp3) is 0.600. The molecular formula is C15H23NO2. The molecule has 1 unspecified atom stereocenters. The lowest BCUT2D eigenvalue weighted by molar-refractivity contribution is 0.0679. The molecule has 1 aromatic carbocycles. The Hall–Kier alpha value is -1.06. The number of rotatable bonds is 5. The molecule has 3 nitrogen and oxygen atoms in total. The molecule has 0 radical (unpaired) electrons. The Morgan fingerprint density at radius 2 is 2.22 bits per heavy atom. The lowest BCUT2D eigenvalue weighted by atomic mass is 10.1. The molecule has 1 aliphatic rings. The highest BCUT2D eigenvalue weighted by Gasteiger charge is 2.16. The third-order valence-corrected chi connectivity index (χ3v) is 3.45. The minimum atomic E-state index is -0.129. The van der Waals surface area contributed by atoms with Crippen LogP contribution in [0.5, 0.6) is 5.75 Å². The first-order valence-electron chi connectivity index (χ1n) is 6.84. The van der Waals surface area contributed by atoms with E-state index in [1.807, 2.05) is 18.2 Å². The standard InChI is InChI=1S/C15H23NO2/c1-13-6-2-3-8-15(13)18-11-5-10-16-9-4-7-14(17)12-16/h2-3,6,8,14,17H,4-5,7,9-12H2,1H3. The van der Waals surface area contributed by atoms with Gasteiger partial charge in [0.05, 0.1) is 12.7 Å². The molecule has 0 aliphatic carbocycles. The van der Waals surface area contributed by atoms with E-state index in [0.717, 1.165) is 51.3 Å². The second kappa shape index (κ2) is 6.76. The van der Waals surface area contributed by atoms with Crippen molar-refractivity contribution in [1.29, 1.82) is 0 Å². The third-order valence-electron chi connectivity index (χ3n) is 3.45. The minimum absolute atomic E-state index is 0.129. The summed E-state index contributed by atoms with van der Waals surface area (Å²) in [6.45, 7) is 5.77. The lowest BCUT2D eigenvalue weighted by Crippen LogP contribution is -2.39. The van der Waals surface area contributed by atoms with E-state index < -0.39 is 0 Å². The van der Waals surface area contributed by atoms with Gasteiger partial charge in [-0.25, -0.2) is 0 Å². The van der Waals surface area contributed by atoms with Gasteiger partial charge in [-0.3, -0.25) is 0 Å². The van der Waals surface area contributed by atoms with E-state index in [0.29, 0.717) is 0 Å².